The average Bonchev–Trinajstić information content (AvgIpc) is 3.20. The molecule has 31 heavy (non-hydrogen) atoms. The number of carbonyl (C=O) groups excluding carboxylic acids is 1. The molecule has 0 saturated carbocycles. The van der Waals surface area contributed by atoms with E-state index < -0.39 is 0 Å². The molecule has 4 aromatic rings. The third-order valence-electron chi connectivity index (χ3n) is 5.58. The Morgan fingerprint density at radius 2 is 1.90 bits per heavy atom. The number of hydrogen-bond acceptors (Lipinski definition) is 4. The van der Waals surface area contributed by atoms with Crippen molar-refractivity contribution < 1.29 is 14.3 Å². The summed E-state index contributed by atoms with van der Waals surface area (Å²) < 4.78 is 13.0. The van der Waals surface area contributed by atoms with E-state index in [1.165, 1.54) is 0 Å². The zero-order chi connectivity index (χ0) is 21.2. The molecule has 6 nitrogen and oxygen atoms in total. The number of hydrogen-bond donors (Lipinski definition) is 0. The molecule has 0 N–H and O–H groups in total. The minimum absolute atomic E-state index is 0.0711. The van der Waals surface area contributed by atoms with Crippen molar-refractivity contribution in [3.05, 3.63) is 89.7 Å². The van der Waals surface area contributed by atoms with Gasteiger partial charge in [-0.05, 0) is 48.0 Å². The van der Waals surface area contributed by atoms with Gasteiger partial charge in [-0.2, -0.15) is 0 Å². The summed E-state index contributed by atoms with van der Waals surface area (Å²) in [5.41, 5.74) is 4.42. The van der Waals surface area contributed by atoms with Crippen molar-refractivity contribution in [1.29, 1.82) is 0 Å². The summed E-state index contributed by atoms with van der Waals surface area (Å²) in [6, 6.07) is 23.2. The monoisotopic (exact) mass is 413 g/mol. The first-order chi connectivity index (χ1) is 15.2. The summed E-state index contributed by atoms with van der Waals surface area (Å²) in [6.07, 6.45) is 0. The minimum Gasteiger partial charge on any atom is -0.497 e. The van der Waals surface area contributed by atoms with Crippen molar-refractivity contribution in [2.45, 2.75) is 19.7 Å². The highest BCUT2D eigenvalue weighted by atomic mass is 16.5. The number of ether oxygens (including phenoxy) is 2. The predicted molar refractivity (Wildman–Crippen MR) is 119 cm³/mol. The Kier molecular flexibility index (Phi) is 5.14. The zero-order valence-corrected chi connectivity index (χ0v) is 17.3. The van der Waals surface area contributed by atoms with Crippen LogP contribution in [0.4, 0.5) is 5.69 Å². The second-order valence-electron chi connectivity index (χ2n) is 7.51. The Balaban J connectivity index is 1.55. The van der Waals surface area contributed by atoms with Gasteiger partial charge in [0.05, 0.1) is 31.3 Å². The maximum atomic E-state index is 13.5. The normalized spacial score (nSPS) is 13.1. The molecule has 0 saturated heterocycles. The summed E-state index contributed by atoms with van der Waals surface area (Å²) >= 11 is 0. The van der Waals surface area contributed by atoms with E-state index in [2.05, 4.69) is 4.57 Å². The lowest BCUT2D eigenvalue weighted by atomic mass is 10.1. The molecule has 156 valence electrons. The Bertz CT molecular complexity index is 1220. The lowest BCUT2D eigenvalue weighted by Crippen LogP contribution is -2.30. The third kappa shape index (κ3) is 3.78. The van der Waals surface area contributed by atoms with Gasteiger partial charge < -0.3 is 18.9 Å². The van der Waals surface area contributed by atoms with Gasteiger partial charge in [0, 0.05) is 17.8 Å². The van der Waals surface area contributed by atoms with Crippen LogP contribution >= 0.6 is 0 Å². The molecule has 0 fully saturated rings. The second-order valence-corrected chi connectivity index (χ2v) is 7.51. The minimum atomic E-state index is -0.0711. The first-order valence-corrected chi connectivity index (χ1v) is 10.3. The Hall–Kier alpha value is -3.64. The van der Waals surface area contributed by atoms with Gasteiger partial charge in [-0.15, -0.1) is 0 Å². The van der Waals surface area contributed by atoms with E-state index in [-0.39, 0.29) is 5.91 Å². The molecule has 0 aliphatic carbocycles. The van der Waals surface area contributed by atoms with Gasteiger partial charge in [0.2, 0.25) is 0 Å². The standard InChI is InChI=1S/C25H23N3O3/c1-30-21-10-7-19(8-11-21)25(29)28(16-18-5-3-2-4-6-18)20-9-12-23-22(15-20)26-24-17-31-14-13-27(23)24/h2-12,15H,13-14,16-17H2,1H3. The van der Waals surface area contributed by atoms with Gasteiger partial charge >= 0.3 is 0 Å². The number of rotatable bonds is 5. The molecule has 0 unspecified atom stereocenters. The van der Waals surface area contributed by atoms with Gasteiger partial charge in [-0.1, -0.05) is 30.3 Å². The fourth-order valence-electron chi connectivity index (χ4n) is 3.95. The quantitative estimate of drug-likeness (QED) is 0.486. The molecule has 1 aliphatic heterocycles. The van der Waals surface area contributed by atoms with Crippen LogP contribution in [0.25, 0.3) is 11.0 Å². The van der Waals surface area contributed by atoms with Crippen LogP contribution in [-0.2, 0) is 24.4 Å². The average molecular weight is 413 g/mol. The summed E-state index contributed by atoms with van der Waals surface area (Å²) in [4.78, 5) is 20.1. The number of aromatic nitrogens is 2. The second kappa shape index (κ2) is 8.24. The lowest BCUT2D eigenvalue weighted by molar-refractivity contribution is 0.0830. The van der Waals surface area contributed by atoms with Crippen molar-refractivity contribution in [3.8, 4) is 5.75 Å². The Morgan fingerprint density at radius 1 is 1.10 bits per heavy atom. The van der Waals surface area contributed by atoms with Crippen molar-refractivity contribution in [1.82, 2.24) is 9.55 Å². The molecule has 1 aliphatic rings. The highest BCUT2D eigenvalue weighted by Gasteiger charge is 2.21. The SMILES string of the molecule is COc1ccc(C(=O)N(Cc2ccccc2)c2ccc3c(c2)nc2n3CCOC2)cc1. The van der Waals surface area contributed by atoms with Crippen LogP contribution in [0.2, 0.25) is 0 Å². The van der Waals surface area contributed by atoms with Crippen LogP contribution in [0.15, 0.2) is 72.8 Å². The Morgan fingerprint density at radius 3 is 2.68 bits per heavy atom. The van der Waals surface area contributed by atoms with E-state index in [0.717, 1.165) is 40.4 Å². The summed E-state index contributed by atoms with van der Waals surface area (Å²) in [7, 11) is 1.61. The first kappa shape index (κ1) is 19.3. The predicted octanol–water partition coefficient (Wildman–Crippen LogP) is 4.42. The number of fused-ring (bicyclic) bond motifs is 3. The molecule has 0 radical (unpaired) electrons. The fraction of sp³-hybridized carbons (Fsp3) is 0.200. The van der Waals surface area contributed by atoms with Crippen LogP contribution in [0.1, 0.15) is 21.7 Å². The van der Waals surface area contributed by atoms with Gasteiger partial charge in [-0.3, -0.25) is 4.79 Å². The summed E-state index contributed by atoms with van der Waals surface area (Å²) in [5, 5.41) is 0. The molecule has 0 bridgehead atoms. The Labute approximate surface area is 180 Å². The fourth-order valence-corrected chi connectivity index (χ4v) is 3.95. The number of anilines is 1. The van der Waals surface area contributed by atoms with E-state index in [1.54, 1.807) is 36.3 Å². The maximum absolute atomic E-state index is 13.5. The molecule has 2 heterocycles. The molecule has 0 spiro atoms. The number of methoxy groups -OCH3 is 1. The topological polar surface area (TPSA) is 56.6 Å². The van der Waals surface area contributed by atoms with E-state index in [1.807, 2.05) is 48.5 Å². The molecule has 0 atom stereocenters. The highest BCUT2D eigenvalue weighted by Crippen LogP contribution is 2.27. The van der Waals surface area contributed by atoms with Gasteiger partial charge in [-0.25, -0.2) is 4.98 Å². The molecule has 1 aromatic heterocycles. The summed E-state index contributed by atoms with van der Waals surface area (Å²) in [5.74, 6) is 1.58. The molecular weight excluding hydrogens is 390 g/mol. The van der Waals surface area contributed by atoms with Crippen molar-refractivity contribution in [2.75, 3.05) is 18.6 Å². The number of nitrogens with zero attached hydrogens (tertiary/aromatic N) is 3. The first-order valence-electron chi connectivity index (χ1n) is 10.3. The van der Waals surface area contributed by atoms with Crippen molar-refractivity contribution in [3.63, 3.8) is 0 Å². The zero-order valence-electron chi connectivity index (χ0n) is 17.3. The maximum Gasteiger partial charge on any atom is 0.258 e. The largest absolute Gasteiger partial charge is 0.497 e. The number of benzene rings is 3. The van der Waals surface area contributed by atoms with Crippen molar-refractivity contribution in [2.24, 2.45) is 0 Å². The third-order valence-corrected chi connectivity index (χ3v) is 5.58. The van der Waals surface area contributed by atoms with Gasteiger partial charge in [0.1, 0.15) is 18.2 Å². The van der Waals surface area contributed by atoms with E-state index in [4.69, 9.17) is 14.5 Å². The van der Waals surface area contributed by atoms with Crippen molar-refractivity contribution >= 4 is 22.6 Å². The van der Waals surface area contributed by atoms with E-state index in [9.17, 15) is 4.79 Å². The van der Waals surface area contributed by atoms with Crippen LogP contribution in [0.3, 0.4) is 0 Å². The number of amides is 1. The number of carbonyl (C=O) groups is 1. The van der Waals surface area contributed by atoms with Crippen LogP contribution < -0.4 is 9.64 Å². The lowest BCUT2D eigenvalue weighted by Gasteiger charge is -2.23. The smallest absolute Gasteiger partial charge is 0.258 e. The van der Waals surface area contributed by atoms with Crippen LogP contribution in [0, 0.1) is 0 Å². The number of imidazole rings is 1. The van der Waals surface area contributed by atoms with Crippen LogP contribution in [0.5, 0.6) is 5.75 Å². The van der Waals surface area contributed by atoms with E-state index in [0.29, 0.717) is 25.3 Å². The summed E-state index contributed by atoms with van der Waals surface area (Å²) in [6.45, 7) is 2.47. The molecule has 3 aromatic carbocycles. The molecule has 5 rings (SSSR count). The van der Waals surface area contributed by atoms with Gasteiger partial charge in [0.15, 0.2) is 0 Å². The van der Waals surface area contributed by atoms with Crippen LogP contribution in [-0.4, -0.2) is 29.2 Å². The van der Waals surface area contributed by atoms with Gasteiger partial charge in [0.25, 0.3) is 5.91 Å². The molecular formula is C25H23N3O3. The van der Waals surface area contributed by atoms with E-state index >= 15 is 0 Å². The molecule has 6 heteroatoms. The highest BCUT2D eigenvalue weighted by molar-refractivity contribution is 6.06. The molecule has 1 amide bonds.